The number of benzene rings is 1. The molecule has 1 aromatic heterocycles. The molecule has 7 heteroatoms. The maximum absolute atomic E-state index is 13.8. The zero-order valence-electron chi connectivity index (χ0n) is 16.9. The van der Waals surface area contributed by atoms with Crippen molar-refractivity contribution in [2.45, 2.75) is 45.6 Å². The number of carbonyl (C=O) groups excluding carboxylic acids is 1. The van der Waals surface area contributed by atoms with Crippen molar-refractivity contribution in [1.82, 2.24) is 10.3 Å². The first-order chi connectivity index (χ1) is 14.3. The SMILES string of the molecule is C=C1CCC2=C1CCC=C2Oc1nc(C(=O)NC(C)c2cc(F)c(C)c(F)c2)co1. The predicted octanol–water partition coefficient (Wildman–Crippen LogP) is 5.46. The fourth-order valence-corrected chi connectivity index (χ4v) is 3.74. The Morgan fingerprint density at radius 3 is 2.70 bits per heavy atom. The van der Waals surface area contributed by atoms with E-state index in [1.54, 1.807) is 6.92 Å². The van der Waals surface area contributed by atoms with Crippen LogP contribution in [0, 0.1) is 18.6 Å². The van der Waals surface area contributed by atoms with Gasteiger partial charge in [-0.15, -0.1) is 0 Å². The monoisotopic (exact) mass is 412 g/mol. The van der Waals surface area contributed by atoms with Gasteiger partial charge >= 0.3 is 6.08 Å². The van der Waals surface area contributed by atoms with Crippen molar-refractivity contribution >= 4 is 5.91 Å². The summed E-state index contributed by atoms with van der Waals surface area (Å²) in [4.78, 5) is 16.6. The van der Waals surface area contributed by atoms with Crippen molar-refractivity contribution in [2.75, 3.05) is 0 Å². The molecule has 30 heavy (non-hydrogen) atoms. The molecule has 0 fully saturated rings. The summed E-state index contributed by atoms with van der Waals surface area (Å²) in [7, 11) is 0. The Morgan fingerprint density at radius 1 is 1.23 bits per heavy atom. The first-order valence-corrected chi connectivity index (χ1v) is 9.84. The number of halogens is 2. The second-order valence-corrected chi connectivity index (χ2v) is 7.57. The van der Waals surface area contributed by atoms with Crippen molar-refractivity contribution in [1.29, 1.82) is 0 Å². The van der Waals surface area contributed by atoms with Gasteiger partial charge in [-0.1, -0.05) is 12.2 Å². The molecular formula is C23H22F2N2O3. The topological polar surface area (TPSA) is 64.4 Å². The minimum atomic E-state index is -0.660. The van der Waals surface area contributed by atoms with Crippen LogP contribution >= 0.6 is 0 Å². The van der Waals surface area contributed by atoms with E-state index in [0.29, 0.717) is 11.3 Å². The Balaban J connectivity index is 1.44. The number of allylic oxidation sites excluding steroid dienone is 4. The summed E-state index contributed by atoms with van der Waals surface area (Å²) in [6.07, 6.45) is 6.75. The smallest absolute Gasteiger partial charge is 0.399 e. The number of hydrogen-bond donors (Lipinski definition) is 1. The third-order valence-electron chi connectivity index (χ3n) is 5.55. The number of carbonyl (C=O) groups is 1. The summed E-state index contributed by atoms with van der Waals surface area (Å²) in [6.45, 7) is 7.09. The van der Waals surface area contributed by atoms with Gasteiger partial charge in [0.15, 0.2) is 5.69 Å². The summed E-state index contributed by atoms with van der Waals surface area (Å²) < 4.78 is 38.7. The standard InChI is InChI=1S/C23H22F2N2O3/c1-12-7-8-17-16(12)5-4-6-21(17)30-23-27-20(11-29-23)22(28)26-14(3)15-9-18(24)13(2)19(25)10-15/h6,9-11,14H,1,4-5,7-8H2,2-3H3,(H,26,28). The number of amides is 1. The van der Waals surface area contributed by atoms with Gasteiger partial charge < -0.3 is 14.5 Å². The highest BCUT2D eigenvalue weighted by Crippen LogP contribution is 2.40. The van der Waals surface area contributed by atoms with Gasteiger partial charge in [0.1, 0.15) is 23.7 Å². The molecule has 156 valence electrons. The van der Waals surface area contributed by atoms with Gasteiger partial charge in [-0.05, 0) is 74.4 Å². The van der Waals surface area contributed by atoms with Crippen molar-refractivity contribution in [3.8, 4) is 6.08 Å². The molecule has 2 aromatic rings. The van der Waals surface area contributed by atoms with E-state index in [4.69, 9.17) is 9.15 Å². The first-order valence-electron chi connectivity index (χ1n) is 9.84. The first kappa shape index (κ1) is 20.1. The van der Waals surface area contributed by atoms with Crippen LogP contribution in [0.5, 0.6) is 6.08 Å². The van der Waals surface area contributed by atoms with Gasteiger partial charge in [0, 0.05) is 5.56 Å². The lowest BCUT2D eigenvalue weighted by Gasteiger charge is -2.15. The number of ether oxygens (including phenoxy) is 1. The van der Waals surface area contributed by atoms with Crippen LogP contribution in [0.15, 0.2) is 57.9 Å². The van der Waals surface area contributed by atoms with Gasteiger partial charge in [0.2, 0.25) is 0 Å². The van der Waals surface area contributed by atoms with Crippen molar-refractivity contribution in [2.24, 2.45) is 0 Å². The molecule has 1 aromatic carbocycles. The second kappa shape index (κ2) is 7.89. The van der Waals surface area contributed by atoms with Crippen LogP contribution in [-0.2, 0) is 0 Å². The molecule has 0 spiro atoms. The molecule has 1 heterocycles. The maximum atomic E-state index is 13.8. The third kappa shape index (κ3) is 3.79. The van der Waals surface area contributed by atoms with Crippen molar-refractivity contribution in [3.05, 3.63) is 82.0 Å². The van der Waals surface area contributed by atoms with E-state index in [1.165, 1.54) is 30.9 Å². The van der Waals surface area contributed by atoms with Gasteiger partial charge in [-0.2, -0.15) is 4.98 Å². The second-order valence-electron chi connectivity index (χ2n) is 7.57. The normalized spacial score (nSPS) is 16.9. The number of nitrogens with one attached hydrogen (secondary N) is 1. The lowest BCUT2D eigenvalue weighted by Crippen LogP contribution is -2.27. The summed E-state index contributed by atoms with van der Waals surface area (Å²) in [5, 5.41) is 2.66. The number of aromatic nitrogens is 1. The van der Waals surface area contributed by atoms with Crippen molar-refractivity contribution < 1.29 is 22.7 Å². The van der Waals surface area contributed by atoms with E-state index in [-0.39, 0.29) is 17.3 Å². The maximum Gasteiger partial charge on any atom is 0.399 e. The molecule has 4 rings (SSSR count). The number of rotatable bonds is 5. The zero-order valence-corrected chi connectivity index (χ0v) is 16.9. The van der Waals surface area contributed by atoms with Gasteiger partial charge in [-0.3, -0.25) is 4.79 Å². The van der Waals surface area contributed by atoms with Crippen LogP contribution in [0.3, 0.4) is 0 Å². The molecule has 0 saturated heterocycles. The largest absolute Gasteiger partial charge is 0.416 e. The quantitative estimate of drug-likeness (QED) is 0.709. The van der Waals surface area contributed by atoms with Crippen LogP contribution in [0.25, 0.3) is 0 Å². The minimum absolute atomic E-state index is 0.0198. The summed E-state index contributed by atoms with van der Waals surface area (Å²) in [5.74, 6) is -1.16. The molecule has 1 N–H and O–H groups in total. The molecule has 0 radical (unpaired) electrons. The van der Waals surface area contributed by atoms with E-state index >= 15 is 0 Å². The fourth-order valence-electron chi connectivity index (χ4n) is 3.74. The molecule has 1 amide bonds. The average molecular weight is 412 g/mol. The van der Waals surface area contributed by atoms with Crippen LogP contribution in [0.4, 0.5) is 8.78 Å². The van der Waals surface area contributed by atoms with E-state index in [9.17, 15) is 13.6 Å². The van der Waals surface area contributed by atoms with E-state index < -0.39 is 23.6 Å². The van der Waals surface area contributed by atoms with Crippen LogP contribution in [-0.4, -0.2) is 10.9 Å². The Hall–Kier alpha value is -3.22. The fraction of sp³-hybridized carbons (Fsp3) is 0.304. The highest BCUT2D eigenvalue weighted by Gasteiger charge is 2.26. The molecule has 5 nitrogen and oxygen atoms in total. The van der Waals surface area contributed by atoms with Gasteiger partial charge in [0.05, 0.1) is 6.04 Å². The molecule has 2 aliphatic rings. The molecule has 2 aliphatic carbocycles. The van der Waals surface area contributed by atoms with Gasteiger partial charge in [-0.25, -0.2) is 8.78 Å². The Morgan fingerprint density at radius 2 is 1.97 bits per heavy atom. The highest BCUT2D eigenvalue weighted by atomic mass is 19.1. The molecular weight excluding hydrogens is 390 g/mol. The van der Waals surface area contributed by atoms with E-state index in [2.05, 4.69) is 16.9 Å². The number of nitrogens with zero attached hydrogens (tertiary/aromatic N) is 1. The van der Waals surface area contributed by atoms with E-state index in [1.807, 2.05) is 6.08 Å². The van der Waals surface area contributed by atoms with Crippen LogP contribution < -0.4 is 10.1 Å². The molecule has 1 atom stereocenters. The van der Waals surface area contributed by atoms with Crippen LogP contribution in [0.1, 0.15) is 60.3 Å². The minimum Gasteiger partial charge on any atom is -0.416 e. The summed E-state index contributed by atoms with van der Waals surface area (Å²) in [5.41, 5.74) is 3.78. The Kier molecular flexibility index (Phi) is 5.28. The third-order valence-corrected chi connectivity index (χ3v) is 5.55. The van der Waals surface area contributed by atoms with Gasteiger partial charge in [0.25, 0.3) is 5.91 Å². The molecule has 1 unspecified atom stereocenters. The lowest BCUT2D eigenvalue weighted by atomic mass is 9.97. The number of oxazole rings is 1. The molecule has 0 aliphatic heterocycles. The molecule has 0 saturated carbocycles. The Bertz CT molecular complexity index is 1070. The average Bonchev–Trinajstić information content (AvgIpc) is 3.33. The number of hydrogen-bond acceptors (Lipinski definition) is 4. The predicted molar refractivity (Wildman–Crippen MR) is 107 cm³/mol. The van der Waals surface area contributed by atoms with Crippen molar-refractivity contribution in [3.63, 3.8) is 0 Å². The van der Waals surface area contributed by atoms with E-state index in [0.717, 1.165) is 36.8 Å². The molecule has 0 bridgehead atoms. The van der Waals surface area contributed by atoms with Crippen LogP contribution in [0.2, 0.25) is 0 Å². The zero-order chi connectivity index (χ0) is 21.4. The Labute approximate surface area is 173 Å². The summed E-state index contributed by atoms with van der Waals surface area (Å²) >= 11 is 0. The lowest BCUT2D eigenvalue weighted by molar-refractivity contribution is 0.0934. The summed E-state index contributed by atoms with van der Waals surface area (Å²) in [6, 6.07) is 1.79. The highest BCUT2D eigenvalue weighted by molar-refractivity contribution is 5.92.